The molecule has 2 aromatic rings. The van der Waals surface area contributed by atoms with E-state index in [2.05, 4.69) is 27.7 Å². The second-order valence-electron chi connectivity index (χ2n) is 6.10. The molecule has 0 bridgehead atoms. The first-order valence-corrected chi connectivity index (χ1v) is 6.95. The van der Waals surface area contributed by atoms with E-state index in [-0.39, 0.29) is 11.2 Å². The van der Waals surface area contributed by atoms with E-state index in [1.54, 1.807) is 18.2 Å². The van der Waals surface area contributed by atoms with Gasteiger partial charge in [-0.2, -0.15) is 0 Å². The van der Waals surface area contributed by atoms with E-state index in [9.17, 15) is 10.2 Å². The number of rotatable bonds is 3. The molecule has 0 aliphatic carbocycles. The summed E-state index contributed by atoms with van der Waals surface area (Å²) in [5, 5.41) is 19.2. The van der Waals surface area contributed by atoms with Crippen molar-refractivity contribution >= 4 is 0 Å². The standard InChI is InChI=1S/C18H22O2/c1-12(2)16-11-15(20)9-10-17(16)18(3,4)13-5-7-14(19)8-6-13/h5-12,19-20H,1-4H3. The molecule has 0 radical (unpaired) electrons. The average molecular weight is 270 g/mol. The van der Waals surface area contributed by atoms with Crippen LogP contribution in [0.3, 0.4) is 0 Å². The summed E-state index contributed by atoms with van der Waals surface area (Å²) in [5.74, 6) is 0.923. The molecule has 20 heavy (non-hydrogen) atoms. The number of hydrogen-bond acceptors (Lipinski definition) is 2. The van der Waals surface area contributed by atoms with Crippen LogP contribution in [0.2, 0.25) is 0 Å². The van der Waals surface area contributed by atoms with Crippen LogP contribution in [0.15, 0.2) is 42.5 Å². The fourth-order valence-electron chi connectivity index (χ4n) is 2.63. The second-order valence-corrected chi connectivity index (χ2v) is 6.10. The smallest absolute Gasteiger partial charge is 0.115 e. The van der Waals surface area contributed by atoms with Crippen molar-refractivity contribution in [3.63, 3.8) is 0 Å². The fourth-order valence-corrected chi connectivity index (χ4v) is 2.63. The summed E-state index contributed by atoms with van der Waals surface area (Å²) in [6, 6.07) is 12.9. The van der Waals surface area contributed by atoms with Crippen molar-refractivity contribution in [1.29, 1.82) is 0 Å². The summed E-state index contributed by atoms with van der Waals surface area (Å²) in [6.07, 6.45) is 0. The zero-order chi connectivity index (χ0) is 14.9. The van der Waals surface area contributed by atoms with Crippen molar-refractivity contribution in [3.8, 4) is 11.5 Å². The fraction of sp³-hybridized carbons (Fsp3) is 0.333. The van der Waals surface area contributed by atoms with Crippen LogP contribution < -0.4 is 0 Å². The Bertz CT molecular complexity index is 595. The van der Waals surface area contributed by atoms with E-state index in [0.717, 1.165) is 11.1 Å². The highest BCUT2D eigenvalue weighted by Gasteiger charge is 2.26. The zero-order valence-corrected chi connectivity index (χ0v) is 12.5. The Labute approximate surface area is 120 Å². The number of phenolic OH excluding ortho intramolecular Hbond substituents is 2. The third kappa shape index (κ3) is 2.64. The van der Waals surface area contributed by atoms with Crippen LogP contribution in [0.1, 0.15) is 50.3 Å². The van der Waals surface area contributed by atoms with Crippen molar-refractivity contribution in [2.24, 2.45) is 0 Å². The van der Waals surface area contributed by atoms with Gasteiger partial charge in [0.25, 0.3) is 0 Å². The molecule has 2 rings (SSSR count). The Balaban J connectivity index is 2.56. The SMILES string of the molecule is CC(C)c1cc(O)ccc1C(C)(C)c1ccc(O)cc1. The van der Waals surface area contributed by atoms with Gasteiger partial charge in [-0.05, 0) is 46.9 Å². The van der Waals surface area contributed by atoms with E-state index in [4.69, 9.17) is 0 Å². The van der Waals surface area contributed by atoms with Gasteiger partial charge in [0.2, 0.25) is 0 Å². The number of benzene rings is 2. The quantitative estimate of drug-likeness (QED) is 0.859. The lowest BCUT2D eigenvalue weighted by Crippen LogP contribution is -2.21. The first-order chi connectivity index (χ1) is 9.32. The first-order valence-electron chi connectivity index (χ1n) is 6.95. The summed E-state index contributed by atoms with van der Waals surface area (Å²) >= 11 is 0. The molecule has 0 aliphatic rings. The van der Waals surface area contributed by atoms with Crippen LogP contribution >= 0.6 is 0 Å². The van der Waals surface area contributed by atoms with Crippen LogP contribution in [-0.2, 0) is 5.41 Å². The summed E-state index contributed by atoms with van der Waals surface area (Å²) in [6.45, 7) is 8.59. The van der Waals surface area contributed by atoms with E-state index >= 15 is 0 Å². The number of hydrogen-bond donors (Lipinski definition) is 2. The van der Waals surface area contributed by atoms with Gasteiger partial charge in [0.05, 0.1) is 0 Å². The summed E-state index contributed by atoms with van der Waals surface area (Å²) in [4.78, 5) is 0. The molecule has 0 saturated carbocycles. The predicted molar refractivity (Wildman–Crippen MR) is 82.4 cm³/mol. The zero-order valence-electron chi connectivity index (χ0n) is 12.5. The van der Waals surface area contributed by atoms with Gasteiger partial charge in [-0.1, -0.05) is 45.9 Å². The van der Waals surface area contributed by atoms with Crippen LogP contribution in [0.5, 0.6) is 11.5 Å². The largest absolute Gasteiger partial charge is 0.508 e. The Hall–Kier alpha value is -1.96. The van der Waals surface area contributed by atoms with Gasteiger partial charge in [0, 0.05) is 5.41 Å². The van der Waals surface area contributed by atoms with E-state index in [1.807, 2.05) is 24.3 Å². The molecule has 0 heterocycles. The van der Waals surface area contributed by atoms with Crippen molar-refractivity contribution in [2.45, 2.75) is 39.0 Å². The van der Waals surface area contributed by atoms with Gasteiger partial charge in [-0.15, -0.1) is 0 Å². The maximum Gasteiger partial charge on any atom is 0.115 e. The van der Waals surface area contributed by atoms with Gasteiger partial charge in [-0.3, -0.25) is 0 Å². The second kappa shape index (κ2) is 5.20. The van der Waals surface area contributed by atoms with Crippen molar-refractivity contribution in [3.05, 3.63) is 59.2 Å². The van der Waals surface area contributed by atoms with Crippen molar-refractivity contribution in [2.75, 3.05) is 0 Å². The lowest BCUT2D eigenvalue weighted by Gasteiger charge is -2.30. The van der Waals surface area contributed by atoms with Gasteiger partial charge in [-0.25, -0.2) is 0 Å². The lowest BCUT2D eigenvalue weighted by molar-refractivity contribution is 0.472. The lowest BCUT2D eigenvalue weighted by atomic mass is 9.74. The highest BCUT2D eigenvalue weighted by Crippen LogP contribution is 2.38. The van der Waals surface area contributed by atoms with Crippen molar-refractivity contribution < 1.29 is 10.2 Å². The van der Waals surface area contributed by atoms with Crippen LogP contribution in [-0.4, -0.2) is 10.2 Å². The van der Waals surface area contributed by atoms with E-state index in [0.29, 0.717) is 11.7 Å². The Morgan fingerprint density at radius 1 is 0.850 bits per heavy atom. The molecule has 0 saturated heterocycles. The van der Waals surface area contributed by atoms with Gasteiger partial charge in [0.15, 0.2) is 0 Å². The topological polar surface area (TPSA) is 40.5 Å². The molecular formula is C18H22O2. The minimum atomic E-state index is -0.180. The molecule has 0 amide bonds. The maximum atomic E-state index is 9.73. The molecule has 2 heteroatoms. The normalized spacial score (nSPS) is 11.8. The molecule has 0 fully saturated rings. The van der Waals surface area contributed by atoms with Gasteiger partial charge in [0.1, 0.15) is 11.5 Å². The van der Waals surface area contributed by atoms with Crippen LogP contribution in [0.25, 0.3) is 0 Å². The third-order valence-corrected chi connectivity index (χ3v) is 3.92. The van der Waals surface area contributed by atoms with E-state index in [1.165, 1.54) is 5.56 Å². The predicted octanol–water partition coefficient (Wildman–Crippen LogP) is 4.55. The minimum absolute atomic E-state index is 0.180. The summed E-state index contributed by atoms with van der Waals surface area (Å²) < 4.78 is 0. The number of aromatic hydroxyl groups is 2. The molecule has 2 aromatic carbocycles. The molecular weight excluding hydrogens is 248 g/mol. The summed E-state index contributed by atoms with van der Waals surface area (Å²) in [7, 11) is 0. The molecule has 106 valence electrons. The average Bonchev–Trinajstić information content (AvgIpc) is 2.38. The molecule has 0 unspecified atom stereocenters. The van der Waals surface area contributed by atoms with Crippen LogP contribution in [0, 0.1) is 0 Å². The highest BCUT2D eigenvalue weighted by molar-refractivity contribution is 5.47. The summed E-state index contributed by atoms with van der Waals surface area (Å²) in [5.41, 5.74) is 3.32. The van der Waals surface area contributed by atoms with Crippen molar-refractivity contribution in [1.82, 2.24) is 0 Å². The monoisotopic (exact) mass is 270 g/mol. The molecule has 2 N–H and O–H groups in total. The van der Waals surface area contributed by atoms with Gasteiger partial charge < -0.3 is 10.2 Å². The molecule has 2 nitrogen and oxygen atoms in total. The van der Waals surface area contributed by atoms with Crippen LogP contribution in [0.4, 0.5) is 0 Å². The molecule has 0 atom stereocenters. The first kappa shape index (κ1) is 14.4. The minimum Gasteiger partial charge on any atom is -0.508 e. The molecule has 0 spiro atoms. The Morgan fingerprint density at radius 2 is 1.40 bits per heavy atom. The van der Waals surface area contributed by atoms with E-state index < -0.39 is 0 Å². The maximum absolute atomic E-state index is 9.73. The van der Waals surface area contributed by atoms with Gasteiger partial charge >= 0.3 is 0 Å². The highest BCUT2D eigenvalue weighted by atomic mass is 16.3. The molecule has 0 aliphatic heterocycles. The Kier molecular flexibility index (Phi) is 3.76. The third-order valence-electron chi connectivity index (χ3n) is 3.92. The number of phenols is 2. The molecule has 0 aromatic heterocycles. The Morgan fingerprint density at radius 3 is 1.95 bits per heavy atom.